The van der Waals surface area contributed by atoms with Crippen LogP contribution in [0.4, 0.5) is 5.69 Å². The second-order valence-electron chi connectivity index (χ2n) is 4.46. The third-order valence-corrected chi connectivity index (χ3v) is 4.96. The Morgan fingerprint density at radius 1 is 1.19 bits per heavy atom. The van der Waals surface area contributed by atoms with Crippen LogP contribution < -0.4 is 10.6 Å². The molecule has 2 aromatic rings. The van der Waals surface area contributed by atoms with E-state index in [-0.39, 0.29) is 11.8 Å². The quantitative estimate of drug-likeness (QED) is 0.863. The maximum absolute atomic E-state index is 12.1. The summed E-state index contributed by atoms with van der Waals surface area (Å²) >= 11 is 4.80. The average molecular weight is 367 g/mol. The molecule has 1 heterocycles. The molecular formula is C15H15BrN2O2S. The fourth-order valence-electron chi connectivity index (χ4n) is 1.73. The maximum Gasteiger partial charge on any atom is 0.265 e. The number of amides is 2. The molecule has 6 heteroatoms. The minimum atomic E-state index is -0.153. The summed E-state index contributed by atoms with van der Waals surface area (Å²) in [5.41, 5.74) is 2.27. The zero-order valence-corrected chi connectivity index (χ0v) is 14.1. The zero-order chi connectivity index (χ0) is 15.4. The largest absolute Gasteiger partial charge is 0.352 e. The molecule has 0 saturated heterocycles. The summed E-state index contributed by atoms with van der Waals surface area (Å²) < 4.78 is 0.958. The highest BCUT2D eigenvalue weighted by Crippen LogP contribution is 2.27. The van der Waals surface area contributed by atoms with E-state index in [1.165, 1.54) is 11.3 Å². The number of anilines is 1. The van der Waals surface area contributed by atoms with Crippen LogP contribution in [0.25, 0.3) is 0 Å². The van der Waals surface area contributed by atoms with Crippen molar-refractivity contribution in [2.75, 3.05) is 11.9 Å². The predicted molar refractivity (Wildman–Crippen MR) is 89.2 cm³/mol. The maximum atomic E-state index is 12.1. The molecule has 0 aliphatic rings. The third kappa shape index (κ3) is 3.92. The van der Waals surface area contributed by atoms with Gasteiger partial charge in [0, 0.05) is 17.8 Å². The van der Waals surface area contributed by atoms with Crippen molar-refractivity contribution in [2.45, 2.75) is 13.8 Å². The van der Waals surface area contributed by atoms with Crippen LogP contribution in [0.2, 0.25) is 0 Å². The standard InChI is InChI=1S/C15H15BrN2O2S/c1-3-17-14(19)10-4-6-11(7-5-10)18-15(20)12-8-9(2)13(16)21-12/h4-8H,3H2,1-2H3,(H,17,19)(H,18,20). The first-order valence-electron chi connectivity index (χ1n) is 6.46. The van der Waals surface area contributed by atoms with Gasteiger partial charge in [0.25, 0.3) is 11.8 Å². The first kappa shape index (κ1) is 15.7. The number of thiophene rings is 1. The van der Waals surface area contributed by atoms with E-state index < -0.39 is 0 Å². The van der Waals surface area contributed by atoms with Gasteiger partial charge in [0.05, 0.1) is 8.66 Å². The van der Waals surface area contributed by atoms with Gasteiger partial charge in [-0.15, -0.1) is 11.3 Å². The first-order chi connectivity index (χ1) is 10.0. The van der Waals surface area contributed by atoms with Crippen molar-refractivity contribution in [1.29, 1.82) is 0 Å². The van der Waals surface area contributed by atoms with E-state index in [0.717, 1.165) is 9.35 Å². The fraction of sp³-hybridized carbons (Fsp3) is 0.200. The molecule has 4 nitrogen and oxygen atoms in total. The Morgan fingerprint density at radius 3 is 2.38 bits per heavy atom. The molecule has 0 spiro atoms. The summed E-state index contributed by atoms with van der Waals surface area (Å²) in [5.74, 6) is -0.271. The van der Waals surface area contributed by atoms with Gasteiger partial charge in [-0.2, -0.15) is 0 Å². The van der Waals surface area contributed by atoms with Crippen molar-refractivity contribution in [3.63, 3.8) is 0 Å². The van der Waals surface area contributed by atoms with Crippen LogP contribution in [0.15, 0.2) is 34.1 Å². The second kappa shape index (κ2) is 6.87. The predicted octanol–water partition coefficient (Wildman–Crippen LogP) is 3.82. The first-order valence-corrected chi connectivity index (χ1v) is 8.07. The van der Waals surface area contributed by atoms with Gasteiger partial charge in [0.15, 0.2) is 0 Å². The molecule has 0 bridgehead atoms. The van der Waals surface area contributed by atoms with Gasteiger partial charge < -0.3 is 10.6 Å². The molecule has 0 saturated carbocycles. The third-order valence-electron chi connectivity index (χ3n) is 2.82. The van der Waals surface area contributed by atoms with Gasteiger partial charge in [-0.3, -0.25) is 9.59 Å². The molecule has 0 unspecified atom stereocenters. The number of nitrogens with one attached hydrogen (secondary N) is 2. The molecule has 1 aromatic carbocycles. The number of aryl methyl sites for hydroxylation is 1. The number of halogens is 1. The molecule has 2 amide bonds. The Balaban J connectivity index is 2.06. The summed E-state index contributed by atoms with van der Waals surface area (Å²) in [6.45, 7) is 4.40. The number of hydrogen-bond donors (Lipinski definition) is 2. The molecule has 0 atom stereocenters. The Labute approximate surface area is 135 Å². The monoisotopic (exact) mass is 366 g/mol. The summed E-state index contributed by atoms with van der Waals surface area (Å²) in [5, 5.41) is 5.54. The topological polar surface area (TPSA) is 58.2 Å². The molecule has 2 rings (SSSR count). The van der Waals surface area contributed by atoms with Gasteiger partial charge in [0.2, 0.25) is 0 Å². The number of carbonyl (C=O) groups excluding carboxylic acids is 2. The molecule has 0 aliphatic heterocycles. The molecule has 2 N–H and O–H groups in total. The van der Waals surface area contributed by atoms with Gasteiger partial charge >= 0.3 is 0 Å². The molecule has 1 aromatic heterocycles. The van der Waals surface area contributed by atoms with Crippen molar-refractivity contribution in [3.05, 3.63) is 50.1 Å². The Hall–Kier alpha value is -1.66. The van der Waals surface area contributed by atoms with Crippen LogP contribution >= 0.6 is 27.3 Å². The minimum absolute atomic E-state index is 0.117. The molecular weight excluding hydrogens is 352 g/mol. The lowest BCUT2D eigenvalue weighted by Crippen LogP contribution is -2.22. The van der Waals surface area contributed by atoms with Crippen molar-refractivity contribution >= 4 is 44.8 Å². The van der Waals surface area contributed by atoms with E-state index in [9.17, 15) is 9.59 Å². The Bertz CT molecular complexity index is 645. The van der Waals surface area contributed by atoms with Crippen LogP contribution in [0, 0.1) is 6.92 Å². The minimum Gasteiger partial charge on any atom is -0.352 e. The summed E-state index contributed by atoms with van der Waals surface area (Å²) in [7, 11) is 0. The summed E-state index contributed by atoms with van der Waals surface area (Å²) in [6.07, 6.45) is 0. The number of benzene rings is 1. The molecule has 0 radical (unpaired) electrons. The fourth-order valence-corrected chi connectivity index (χ4v) is 3.16. The lowest BCUT2D eigenvalue weighted by atomic mass is 10.2. The normalized spacial score (nSPS) is 10.2. The van der Waals surface area contributed by atoms with Crippen LogP contribution in [0.5, 0.6) is 0 Å². The zero-order valence-electron chi connectivity index (χ0n) is 11.7. The lowest BCUT2D eigenvalue weighted by molar-refractivity contribution is 0.0955. The average Bonchev–Trinajstić information content (AvgIpc) is 2.80. The molecule has 0 fully saturated rings. The smallest absolute Gasteiger partial charge is 0.265 e. The van der Waals surface area contributed by atoms with Crippen LogP contribution in [-0.4, -0.2) is 18.4 Å². The summed E-state index contributed by atoms with van der Waals surface area (Å²) in [6, 6.07) is 8.66. The van der Waals surface area contributed by atoms with Gasteiger partial charge in [-0.05, 0) is 65.7 Å². The number of hydrogen-bond acceptors (Lipinski definition) is 3. The van der Waals surface area contributed by atoms with Gasteiger partial charge in [-0.1, -0.05) is 0 Å². The lowest BCUT2D eigenvalue weighted by Gasteiger charge is -2.05. The van der Waals surface area contributed by atoms with E-state index in [2.05, 4.69) is 26.6 Å². The molecule has 21 heavy (non-hydrogen) atoms. The SMILES string of the molecule is CCNC(=O)c1ccc(NC(=O)c2cc(C)c(Br)s2)cc1. The van der Waals surface area contributed by atoms with E-state index in [0.29, 0.717) is 22.7 Å². The van der Waals surface area contributed by atoms with Crippen molar-refractivity contribution in [2.24, 2.45) is 0 Å². The molecule has 110 valence electrons. The number of rotatable bonds is 4. The number of carbonyl (C=O) groups is 2. The molecule has 0 aliphatic carbocycles. The highest BCUT2D eigenvalue weighted by atomic mass is 79.9. The van der Waals surface area contributed by atoms with Crippen molar-refractivity contribution in [1.82, 2.24) is 5.32 Å². The van der Waals surface area contributed by atoms with Crippen molar-refractivity contribution < 1.29 is 9.59 Å². The van der Waals surface area contributed by atoms with Crippen molar-refractivity contribution in [3.8, 4) is 0 Å². The Morgan fingerprint density at radius 2 is 1.86 bits per heavy atom. The Kier molecular flexibility index (Phi) is 5.14. The van der Waals surface area contributed by atoms with Gasteiger partial charge in [-0.25, -0.2) is 0 Å². The van der Waals surface area contributed by atoms with Gasteiger partial charge in [0.1, 0.15) is 0 Å². The van der Waals surface area contributed by atoms with Crippen LogP contribution in [0.1, 0.15) is 32.5 Å². The van der Waals surface area contributed by atoms with E-state index >= 15 is 0 Å². The highest BCUT2D eigenvalue weighted by molar-refractivity contribution is 9.11. The van der Waals surface area contributed by atoms with E-state index in [1.807, 2.05) is 19.9 Å². The van der Waals surface area contributed by atoms with Crippen LogP contribution in [-0.2, 0) is 0 Å². The van der Waals surface area contributed by atoms with E-state index in [4.69, 9.17) is 0 Å². The van der Waals surface area contributed by atoms with Crippen LogP contribution in [0.3, 0.4) is 0 Å². The van der Waals surface area contributed by atoms with E-state index in [1.54, 1.807) is 24.3 Å². The summed E-state index contributed by atoms with van der Waals surface area (Å²) in [4.78, 5) is 24.4. The highest BCUT2D eigenvalue weighted by Gasteiger charge is 2.12. The second-order valence-corrected chi connectivity index (χ2v) is 6.83.